The summed E-state index contributed by atoms with van der Waals surface area (Å²) in [5, 5.41) is 1.28. The Morgan fingerprint density at radius 1 is 0.943 bits per heavy atom. The van der Waals surface area contributed by atoms with Gasteiger partial charge in [-0.2, -0.15) is 0 Å². The van der Waals surface area contributed by atoms with Gasteiger partial charge in [0.1, 0.15) is 17.2 Å². The number of hydrogen-bond donors (Lipinski definition) is 0. The minimum absolute atomic E-state index is 0.101. The van der Waals surface area contributed by atoms with E-state index in [2.05, 4.69) is 49.4 Å². The van der Waals surface area contributed by atoms with Crippen molar-refractivity contribution in [2.45, 2.75) is 52.1 Å². The van der Waals surface area contributed by atoms with Crippen LogP contribution < -0.4 is 4.74 Å². The fourth-order valence-electron chi connectivity index (χ4n) is 5.35. The van der Waals surface area contributed by atoms with E-state index in [1.54, 1.807) is 6.07 Å². The van der Waals surface area contributed by atoms with Gasteiger partial charge in [-0.1, -0.05) is 24.3 Å². The highest BCUT2D eigenvalue weighted by atomic mass is 32.2. The Kier molecular flexibility index (Phi) is 6.37. The van der Waals surface area contributed by atoms with Gasteiger partial charge in [0.15, 0.2) is 21.1 Å². The molecule has 0 radical (unpaired) electrons. The molecule has 5 rings (SSSR count). The first kappa shape index (κ1) is 23.6. The molecule has 5 heteroatoms. The van der Waals surface area contributed by atoms with Gasteiger partial charge in [0, 0.05) is 41.0 Å². The van der Waals surface area contributed by atoms with E-state index in [4.69, 9.17) is 9.47 Å². The van der Waals surface area contributed by atoms with Crippen molar-refractivity contribution in [2.75, 3.05) is 6.61 Å². The summed E-state index contributed by atoms with van der Waals surface area (Å²) in [6.07, 6.45) is 3.30. The summed E-state index contributed by atoms with van der Waals surface area (Å²) in [6, 6.07) is 21.5. The van der Waals surface area contributed by atoms with E-state index in [1.807, 2.05) is 19.9 Å². The number of carbonyl (C=O) groups is 1. The number of aryl methyl sites for hydroxylation is 3. The van der Waals surface area contributed by atoms with Crippen LogP contribution in [0.5, 0.6) is 5.75 Å². The van der Waals surface area contributed by atoms with Crippen molar-refractivity contribution in [3.8, 4) is 10.6 Å². The standard InChI is InChI=1S/C30H30FO3S/c1-20-15-26(35-22(3)17-23-9-4-5-12-27(23)35)16-21(2)29(20)33-19-28(32)34-30(13-6-7-14-30)24-10-8-11-25(31)18-24/h4-5,8-12,15-18H,6-7,13-14,19H2,1-3H3/q+1. The Hall–Kier alpha value is -3.18. The average molecular weight is 490 g/mol. The Morgan fingerprint density at radius 3 is 2.37 bits per heavy atom. The second-order valence-electron chi connectivity index (χ2n) is 9.46. The molecule has 180 valence electrons. The fraction of sp³-hybridized carbons (Fsp3) is 0.300. The Labute approximate surface area is 208 Å². The molecule has 0 saturated heterocycles. The van der Waals surface area contributed by atoms with Crippen LogP contribution in [0.2, 0.25) is 0 Å². The molecule has 1 aliphatic carbocycles. The largest absolute Gasteiger partial charge is 0.481 e. The fourth-order valence-corrected chi connectivity index (χ4v) is 7.74. The van der Waals surface area contributed by atoms with Crippen molar-refractivity contribution in [3.63, 3.8) is 0 Å². The SMILES string of the molecule is Cc1cc(-[s+]2c(C)cc3ccccc32)cc(C)c1OCC(=O)OC1(c2cccc(F)c2)CCCC1. The zero-order chi connectivity index (χ0) is 24.6. The van der Waals surface area contributed by atoms with Gasteiger partial charge in [0.25, 0.3) is 0 Å². The molecule has 1 unspecified atom stereocenters. The van der Waals surface area contributed by atoms with Crippen molar-refractivity contribution >= 4 is 26.5 Å². The molecule has 0 bridgehead atoms. The summed E-state index contributed by atoms with van der Waals surface area (Å²) in [7, 11) is -0.101. The number of hydrogen-bond acceptors (Lipinski definition) is 3. The minimum atomic E-state index is -0.767. The number of rotatable bonds is 6. The molecule has 3 aromatic carbocycles. The van der Waals surface area contributed by atoms with Crippen molar-refractivity contribution in [2.24, 2.45) is 0 Å². The zero-order valence-corrected chi connectivity index (χ0v) is 21.2. The number of carbonyl (C=O) groups excluding carboxylic acids is 1. The van der Waals surface area contributed by atoms with E-state index < -0.39 is 11.6 Å². The number of halogens is 1. The van der Waals surface area contributed by atoms with Crippen LogP contribution in [0.15, 0.2) is 66.7 Å². The van der Waals surface area contributed by atoms with Crippen LogP contribution in [0.4, 0.5) is 4.39 Å². The van der Waals surface area contributed by atoms with Gasteiger partial charge in [-0.05, 0) is 80.5 Å². The molecule has 0 aliphatic heterocycles. The summed E-state index contributed by atoms with van der Waals surface area (Å²) in [4.78, 5) is 15.5. The van der Waals surface area contributed by atoms with Crippen LogP contribution >= 0.6 is 10.5 Å². The second-order valence-corrected chi connectivity index (χ2v) is 11.6. The average Bonchev–Trinajstić information content (AvgIpc) is 3.42. The van der Waals surface area contributed by atoms with Crippen LogP contribution in [0.3, 0.4) is 0 Å². The van der Waals surface area contributed by atoms with Crippen LogP contribution in [0.25, 0.3) is 15.0 Å². The summed E-state index contributed by atoms with van der Waals surface area (Å²) < 4.78 is 27.2. The molecule has 0 amide bonds. The van der Waals surface area contributed by atoms with E-state index in [0.29, 0.717) is 12.8 Å². The third kappa shape index (κ3) is 4.57. The maximum atomic E-state index is 13.9. The van der Waals surface area contributed by atoms with Gasteiger partial charge in [-0.15, -0.1) is 0 Å². The number of thiophene rings is 1. The van der Waals surface area contributed by atoms with Gasteiger partial charge in [0.05, 0.1) is 0 Å². The van der Waals surface area contributed by atoms with Crippen molar-refractivity contribution < 1.29 is 18.7 Å². The summed E-state index contributed by atoms with van der Waals surface area (Å²) in [5.41, 5.74) is 1.95. The smallest absolute Gasteiger partial charge is 0.345 e. The van der Waals surface area contributed by atoms with Crippen LogP contribution in [-0.4, -0.2) is 12.6 Å². The van der Waals surface area contributed by atoms with Crippen molar-refractivity contribution in [1.82, 2.24) is 0 Å². The molecule has 0 N–H and O–H groups in total. The molecule has 1 fully saturated rings. The van der Waals surface area contributed by atoms with Gasteiger partial charge in [-0.25, -0.2) is 9.18 Å². The summed E-state index contributed by atoms with van der Waals surface area (Å²) in [6.45, 7) is 6.05. The van der Waals surface area contributed by atoms with Crippen molar-refractivity contribution in [3.05, 3.63) is 94.1 Å². The summed E-state index contributed by atoms with van der Waals surface area (Å²) >= 11 is 0. The van der Waals surface area contributed by atoms with Gasteiger partial charge >= 0.3 is 5.97 Å². The molecule has 1 saturated carbocycles. The number of benzene rings is 3. The van der Waals surface area contributed by atoms with Crippen LogP contribution in [-0.2, 0) is 15.1 Å². The lowest BCUT2D eigenvalue weighted by Crippen LogP contribution is -2.32. The molecule has 1 aliphatic rings. The van der Waals surface area contributed by atoms with E-state index in [0.717, 1.165) is 35.3 Å². The predicted octanol–water partition coefficient (Wildman–Crippen LogP) is 8.03. The third-order valence-electron chi connectivity index (χ3n) is 6.89. The van der Waals surface area contributed by atoms with E-state index in [9.17, 15) is 9.18 Å². The molecule has 3 nitrogen and oxygen atoms in total. The molecule has 1 atom stereocenters. The molecule has 0 spiro atoms. The third-order valence-corrected chi connectivity index (χ3v) is 9.18. The molecular formula is C30H30FO3S+. The second kappa shape index (κ2) is 9.46. The first-order chi connectivity index (χ1) is 16.9. The van der Waals surface area contributed by atoms with E-state index >= 15 is 0 Å². The highest BCUT2D eigenvalue weighted by Gasteiger charge is 2.40. The van der Waals surface area contributed by atoms with Crippen LogP contribution in [0, 0.1) is 26.6 Å². The molecular weight excluding hydrogens is 459 g/mol. The Balaban J connectivity index is 1.34. The lowest BCUT2D eigenvalue weighted by molar-refractivity contribution is -0.163. The number of esters is 1. The minimum Gasteiger partial charge on any atom is -0.481 e. The summed E-state index contributed by atoms with van der Waals surface area (Å²) in [5.74, 6) is -0.0258. The Bertz CT molecular complexity index is 1380. The van der Waals surface area contributed by atoms with Crippen molar-refractivity contribution in [1.29, 1.82) is 0 Å². The van der Waals surface area contributed by atoms with E-state index in [-0.39, 0.29) is 22.9 Å². The van der Waals surface area contributed by atoms with E-state index in [1.165, 1.54) is 32.0 Å². The van der Waals surface area contributed by atoms with Gasteiger partial charge in [0.2, 0.25) is 0 Å². The molecule has 35 heavy (non-hydrogen) atoms. The quantitative estimate of drug-likeness (QED) is 0.203. The molecule has 1 heterocycles. The number of ether oxygens (including phenoxy) is 2. The normalized spacial score (nSPS) is 15.4. The van der Waals surface area contributed by atoms with Gasteiger partial charge in [-0.3, -0.25) is 0 Å². The maximum absolute atomic E-state index is 13.9. The molecule has 1 aromatic heterocycles. The monoisotopic (exact) mass is 489 g/mol. The van der Waals surface area contributed by atoms with Gasteiger partial charge < -0.3 is 9.47 Å². The topological polar surface area (TPSA) is 35.5 Å². The zero-order valence-electron chi connectivity index (χ0n) is 20.4. The lowest BCUT2D eigenvalue weighted by Gasteiger charge is -2.29. The Morgan fingerprint density at radius 2 is 1.66 bits per heavy atom. The first-order valence-electron chi connectivity index (χ1n) is 12.1. The number of fused-ring (bicyclic) bond motifs is 1. The molecule has 4 aromatic rings. The predicted molar refractivity (Wildman–Crippen MR) is 140 cm³/mol. The maximum Gasteiger partial charge on any atom is 0.345 e. The highest BCUT2D eigenvalue weighted by Crippen LogP contribution is 2.45. The lowest BCUT2D eigenvalue weighted by atomic mass is 9.92. The first-order valence-corrected chi connectivity index (χ1v) is 13.3. The van der Waals surface area contributed by atoms with Crippen LogP contribution in [0.1, 0.15) is 47.3 Å². The highest BCUT2D eigenvalue weighted by molar-refractivity contribution is 7.45.